The minimum Gasteiger partial charge on any atom is -0.480 e. The van der Waals surface area contributed by atoms with E-state index in [9.17, 15) is 23.3 Å². The third-order valence-corrected chi connectivity index (χ3v) is 4.47. The summed E-state index contributed by atoms with van der Waals surface area (Å²) in [6.07, 6.45) is 1.24. The van der Waals surface area contributed by atoms with Crippen LogP contribution in [0.3, 0.4) is 0 Å². The first-order chi connectivity index (χ1) is 9.70. The lowest BCUT2D eigenvalue weighted by molar-refractivity contribution is -0.385. The maximum atomic E-state index is 12.3. The van der Waals surface area contributed by atoms with Crippen LogP contribution in [0.4, 0.5) is 5.69 Å². The Morgan fingerprint density at radius 2 is 2.14 bits per heavy atom. The van der Waals surface area contributed by atoms with Gasteiger partial charge in [0.25, 0.3) is 5.69 Å². The second kappa shape index (κ2) is 6.46. The van der Waals surface area contributed by atoms with Crippen LogP contribution >= 0.6 is 0 Å². The third kappa shape index (κ3) is 3.86. The van der Waals surface area contributed by atoms with Crippen LogP contribution in [0.25, 0.3) is 0 Å². The molecule has 1 aromatic carbocycles. The van der Waals surface area contributed by atoms with Crippen molar-refractivity contribution >= 4 is 21.7 Å². The van der Waals surface area contributed by atoms with Gasteiger partial charge in [-0.15, -0.1) is 6.58 Å². The summed E-state index contributed by atoms with van der Waals surface area (Å²) in [5.74, 6) is -1.33. The molecule has 0 aliphatic heterocycles. The maximum absolute atomic E-state index is 12.3. The molecular formula is C12H14N2O6S. The van der Waals surface area contributed by atoms with Crippen LogP contribution in [0, 0.1) is 17.0 Å². The Bertz CT molecular complexity index is 683. The summed E-state index contributed by atoms with van der Waals surface area (Å²) in [5.41, 5.74) is -0.0302. The van der Waals surface area contributed by atoms with Crippen LogP contribution in [0.1, 0.15) is 5.56 Å². The van der Waals surface area contributed by atoms with Gasteiger partial charge in [0.15, 0.2) is 0 Å². The van der Waals surface area contributed by atoms with E-state index in [1.54, 1.807) is 0 Å². The van der Waals surface area contributed by atoms with E-state index in [2.05, 4.69) is 6.58 Å². The number of sulfonamides is 1. The number of carboxylic acid groups (broad SMARTS) is 1. The zero-order valence-electron chi connectivity index (χ0n) is 11.2. The van der Waals surface area contributed by atoms with Gasteiger partial charge in [0.05, 0.1) is 9.82 Å². The van der Waals surface area contributed by atoms with Crippen LogP contribution in [0.2, 0.25) is 0 Å². The Morgan fingerprint density at radius 3 is 2.62 bits per heavy atom. The standard InChI is InChI=1S/C12H14N2O6S/c1-3-6-13(8-12(15)16)21(19,20)10-5-4-9(2)11(7-10)14(17)18/h3-5,7H,1,6,8H2,2H3,(H,15,16). The molecule has 1 rings (SSSR count). The summed E-state index contributed by atoms with van der Waals surface area (Å²) in [6, 6.07) is 3.43. The van der Waals surface area contributed by atoms with Gasteiger partial charge in [0.2, 0.25) is 10.0 Å². The quantitative estimate of drug-likeness (QED) is 0.458. The molecule has 0 atom stereocenters. The Morgan fingerprint density at radius 1 is 1.52 bits per heavy atom. The van der Waals surface area contributed by atoms with Crippen molar-refractivity contribution in [3.05, 3.63) is 46.5 Å². The molecule has 8 nitrogen and oxygen atoms in total. The third-order valence-electron chi connectivity index (χ3n) is 2.66. The van der Waals surface area contributed by atoms with Gasteiger partial charge in [-0.25, -0.2) is 8.42 Å². The average Bonchev–Trinajstić information content (AvgIpc) is 2.37. The van der Waals surface area contributed by atoms with Crippen LogP contribution in [-0.4, -0.2) is 41.8 Å². The minimum atomic E-state index is -4.15. The van der Waals surface area contributed by atoms with Gasteiger partial charge >= 0.3 is 5.97 Å². The fourth-order valence-electron chi connectivity index (χ4n) is 1.64. The van der Waals surface area contributed by atoms with E-state index in [4.69, 9.17) is 5.11 Å². The fourth-order valence-corrected chi connectivity index (χ4v) is 3.02. The number of nitro benzene ring substituents is 1. The molecule has 0 spiro atoms. The number of rotatable bonds is 7. The van der Waals surface area contributed by atoms with E-state index in [1.165, 1.54) is 25.1 Å². The number of benzene rings is 1. The molecule has 0 heterocycles. The van der Waals surface area contributed by atoms with Gasteiger partial charge in [-0.3, -0.25) is 14.9 Å². The van der Waals surface area contributed by atoms with Crippen molar-refractivity contribution in [3.8, 4) is 0 Å². The van der Waals surface area contributed by atoms with Gasteiger partial charge in [-0.1, -0.05) is 12.1 Å². The zero-order chi connectivity index (χ0) is 16.2. The summed E-state index contributed by atoms with van der Waals surface area (Å²) in [6.45, 7) is 3.88. The van der Waals surface area contributed by atoms with Gasteiger partial charge in [0, 0.05) is 18.2 Å². The molecule has 0 bridgehead atoms. The van der Waals surface area contributed by atoms with Crippen molar-refractivity contribution in [2.24, 2.45) is 0 Å². The number of hydrogen-bond acceptors (Lipinski definition) is 5. The van der Waals surface area contributed by atoms with Crippen molar-refractivity contribution in [2.75, 3.05) is 13.1 Å². The molecule has 0 aliphatic carbocycles. The van der Waals surface area contributed by atoms with E-state index < -0.39 is 27.5 Å². The van der Waals surface area contributed by atoms with E-state index >= 15 is 0 Å². The zero-order valence-corrected chi connectivity index (χ0v) is 12.0. The first-order valence-corrected chi connectivity index (χ1v) is 7.22. The summed E-state index contributed by atoms with van der Waals surface area (Å²) in [5, 5.41) is 19.6. The number of hydrogen-bond donors (Lipinski definition) is 1. The highest BCUT2D eigenvalue weighted by atomic mass is 32.2. The largest absolute Gasteiger partial charge is 0.480 e. The Hall–Kier alpha value is -2.26. The van der Waals surface area contributed by atoms with Gasteiger partial charge in [-0.2, -0.15) is 4.31 Å². The van der Waals surface area contributed by atoms with Crippen molar-refractivity contribution < 1.29 is 23.2 Å². The summed E-state index contributed by atoms with van der Waals surface area (Å²) >= 11 is 0. The number of aryl methyl sites for hydroxylation is 1. The molecule has 0 fully saturated rings. The van der Waals surface area contributed by atoms with E-state index in [0.29, 0.717) is 9.87 Å². The molecule has 0 amide bonds. The first-order valence-electron chi connectivity index (χ1n) is 5.78. The second-order valence-corrected chi connectivity index (χ2v) is 6.12. The lowest BCUT2D eigenvalue weighted by Gasteiger charge is -2.18. The molecule has 0 saturated carbocycles. The number of carbonyl (C=O) groups is 1. The molecule has 0 unspecified atom stereocenters. The molecule has 1 N–H and O–H groups in total. The normalized spacial score (nSPS) is 11.3. The Labute approximate surface area is 121 Å². The van der Waals surface area contributed by atoms with Crippen molar-refractivity contribution in [3.63, 3.8) is 0 Å². The summed E-state index contributed by atoms with van der Waals surface area (Å²) in [7, 11) is -4.15. The van der Waals surface area contributed by atoms with E-state index in [1.807, 2.05) is 0 Å². The van der Waals surface area contributed by atoms with Crippen LogP contribution < -0.4 is 0 Å². The molecule has 0 aliphatic rings. The van der Waals surface area contributed by atoms with Crippen LogP contribution in [0.5, 0.6) is 0 Å². The topological polar surface area (TPSA) is 118 Å². The molecule has 21 heavy (non-hydrogen) atoms. The molecule has 0 aromatic heterocycles. The van der Waals surface area contributed by atoms with Crippen molar-refractivity contribution in [1.29, 1.82) is 0 Å². The molecular weight excluding hydrogens is 300 g/mol. The molecule has 0 radical (unpaired) electrons. The highest BCUT2D eigenvalue weighted by Gasteiger charge is 2.27. The first kappa shape index (κ1) is 16.8. The predicted octanol–water partition coefficient (Wildman–Crippen LogP) is 1.16. The van der Waals surface area contributed by atoms with Crippen molar-refractivity contribution in [1.82, 2.24) is 4.31 Å². The van der Waals surface area contributed by atoms with Gasteiger partial charge < -0.3 is 5.11 Å². The average molecular weight is 314 g/mol. The Balaban J connectivity index is 3.34. The van der Waals surface area contributed by atoms with Crippen LogP contribution in [0.15, 0.2) is 35.7 Å². The number of nitro groups is 1. The molecule has 0 saturated heterocycles. The molecule has 1 aromatic rings. The predicted molar refractivity (Wildman–Crippen MR) is 74.4 cm³/mol. The summed E-state index contributed by atoms with van der Waals surface area (Å²) in [4.78, 5) is 20.6. The second-order valence-electron chi connectivity index (χ2n) is 4.19. The van der Waals surface area contributed by atoms with Gasteiger partial charge in [-0.05, 0) is 13.0 Å². The van der Waals surface area contributed by atoms with Crippen LogP contribution in [-0.2, 0) is 14.8 Å². The highest BCUT2D eigenvalue weighted by molar-refractivity contribution is 7.89. The minimum absolute atomic E-state index is 0.212. The Kier molecular flexibility index (Phi) is 5.17. The molecule has 9 heteroatoms. The fraction of sp³-hybridized carbons (Fsp3) is 0.250. The highest BCUT2D eigenvalue weighted by Crippen LogP contribution is 2.24. The maximum Gasteiger partial charge on any atom is 0.318 e. The smallest absolute Gasteiger partial charge is 0.318 e. The number of nitrogens with zero attached hydrogens (tertiary/aromatic N) is 2. The SMILES string of the molecule is C=CCN(CC(=O)O)S(=O)(=O)c1ccc(C)c([N+](=O)[O-])c1. The van der Waals surface area contributed by atoms with E-state index in [0.717, 1.165) is 6.07 Å². The number of carboxylic acids is 1. The van der Waals surface area contributed by atoms with E-state index in [-0.39, 0.29) is 17.1 Å². The lowest BCUT2D eigenvalue weighted by Crippen LogP contribution is -2.35. The monoisotopic (exact) mass is 314 g/mol. The number of aliphatic carboxylic acids is 1. The molecule has 114 valence electrons. The van der Waals surface area contributed by atoms with Crippen molar-refractivity contribution in [2.45, 2.75) is 11.8 Å². The summed E-state index contributed by atoms with van der Waals surface area (Å²) < 4.78 is 25.3. The lowest BCUT2D eigenvalue weighted by atomic mass is 10.2. The van der Waals surface area contributed by atoms with Gasteiger partial charge in [0.1, 0.15) is 6.54 Å².